The molecule has 2 heterocycles. The average Bonchev–Trinajstić information content (AvgIpc) is 3.07. The fourth-order valence-corrected chi connectivity index (χ4v) is 1.92. The molecule has 5 nitrogen and oxygen atoms in total. The van der Waals surface area contributed by atoms with Crippen LogP contribution in [0.5, 0.6) is 0 Å². The van der Waals surface area contributed by atoms with Crippen molar-refractivity contribution in [3.05, 3.63) is 54.2 Å². The van der Waals surface area contributed by atoms with Gasteiger partial charge in [0.2, 0.25) is 0 Å². The molecular formula is C14H13N3O2. The van der Waals surface area contributed by atoms with Gasteiger partial charge in [0.1, 0.15) is 5.82 Å². The minimum absolute atomic E-state index is 0.218. The van der Waals surface area contributed by atoms with Crippen molar-refractivity contribution < 1.29 is 9.21 Å². The number of carbonyl (C=O) groups is 1. The van der Waals surface area contributed by atoms with Crippen LogP contribution in [0.1, 0.15) is 29.3 Å². The zero-order valence-corrected chi connectivity index (χ0v) is 10.4. The van der Waals surface area contributed by atoms with Crippen LogP contribution >= 0.6 is 0 Å². The summed E-state index contributed by atoms with van der Waals surface area (Å²) in [5, 5.41) is 2.83. The average molecular weight is 255 g/mol. The molecule has 1 amide bonds. The Bertz CT molecular complexity index is 667. The van der Waals surface area contributed by atoms with Crippen LogP contribution in [0.4, 0.5) is 0 Å². The van der Waals surface area contributed by atoms with Gasteiger partial charge in [0.15, 0.2) is 5.76 Å². The van der Waals surface area contributed by atoms with Gasteiger partial charge >= 0.3 is 0 Å². The maximum Gasteiger partial charge on any atom is 0.287 e. The highest BCUT2D eigenvalue weighted by Crippen LogP contribution is 2.16. The molecule has 0 unspecified atom stereocenters. The van der Waals surface area contributed by atoms with E-state index >= 15 is 0 Å². The van der Waals surface area contributed by atoms with Crippen LogP contribution in [0.15, 0.2) is 47.1 Å². The van der Waals surface area contributed by atoms with E-state index in [1.54, 1.807) is 12.1 Å². The van der Waals surface area contributed by atoms with Crippen LogP contribution in [0.3, 0.4) is 0 Å². The van der Waals surface area contributed by atoms with Crippen LogP contribution in [0.2, 0.25) is 0 Å². The number of rotatable bonds is 3. The summed E-state index contributed by atoms with van der Waals surface area (Å²) < 4.78 is 5.05. The summed E-state index contributed by atoms with van der Waals surface area (Å²) in [5.41, 5.74) is 1.84. The molecular weight excluding hydrogens is 242 g/mol. The summed E-state index contributed by atoms with van der Waals surface area (Å²) in [7, 11) is 0. The fourth-order valence-electron chi connectivity index (χ4n) is 1.92. The van der Waals surface area contributed by atoms with E-state index in [2.05, 4.69) is 15.3 Å². The third kappa shape index (κ3) is 2.22. The number of hydrogen-bond acceptors (Lipinski definition) is 3. The van der Waals surface area contributed by atoms with Gasteiger partial charge in [-0.15, -0.1) is 0 Å². The first-order valence-corrected chi connectivity index (χ1v) is 6.03. The third-order valence-electron chi connectivity index (χ3n) is 2.91. The molecule has 0 bridgehead atoms. The number of nitrogens with one attached hydrogen (secondary N) is 2. The van der Waals surface area contributed by atoms with Gasteiger partial charge in [-0.05, 0) is 31.2 Å². The van der Waals surface area contributed by atoms with E-state index in [-0.39, 0.29) is 11.9 Å². The summed E-state index contributed by atoms with van der Waals surface area (Å²) in [6.45, 7) is 1.87. The second-order valence-corrected chi connectivity index (χ2v) is 4.31. The predicted molar refractivity (Wildman–Crippen MR) is 70.7 cm³/mol. The van der Waals surface area contributed by atoms with Crippen molar-refractivity contribution in [1.29, 1.82) is 0 Å². The van der Waals surface area contributed by atoms with Crippen molar-refractivity contribution in [2.24, 2.45) is 0 Å². The molecule has 3 rings (SSSR count). The van der Waals surface area contributed by atoms with Crippen molar-refractivity contribution >= 4 is 16.9 Å². The molecule has 0 spiro atoms. The van der Waals surface area contributed by atoms with Crippen LogP contribution in [0, 0.1) is 0 Å². The zero-order valence-electron chi connectivity index (χ0n) is 10.4. The van der Waals surface area contributed by atoms with Gasteiger partial charge in [-0.2, -0.15) is 0 Å². The van der Waals surface area contributed by atoms with Crippen molar-refractivity contribution in [3.63, 3.8) is 0 Å². The van der Waals surface area contributed by atoms with Crippen LogP contribution in [-0.2, 0) is 0 Å². The minimum Gasteiger partial charge on any atom is -0.459 e. The highest BCUT2D eigenvalue weighted by molar-refractivity contribution is 5.91. The quantitative estimate of drug-likeness (QED) is 0.755. The molecule has 0 fully saturated rings. The Balaban J connectivity index is 1.80. The lowest BCUT2D eigenvalue weighted by molar-refractivity contribution is 0.0910. The maximum atomic E-state index is 11.9. The number of fused-ring (bicyclic) bond motifs is 1. The number of H-pyrrole nitrogens is 1. The first kappa shape index (κ1) is 11.5. The topological polar surface area (TPSA) is 70.9 Å². The summed E-state index contributed by atoms with van der Waals surface area (Å²) >= 11 is 0. The summed E-state index contributed by atoms with van der Waals surface area (Å²) in [4.78, 5) is 19.5. The maximum absolute atomic E-state index is 11.9. The first-order chi connectivity index (χ1) is 9.24. The molecule has 1 aromatic carbocycles. The summed E-state index contributed by atoms with van der Waals surface area (Å²) in [6.07, 6.45) is 1.47. The van der Waals surface area contributed by atoms with Gasteiger partial charge in [-0.3, -0.25) is 4.79 Å². The van der Waals surface area contributed by atoms with Crippen molar-refractivity contribution in [2.45, 2.75) is 13.0 Å². The number of carbonyl (C=O) groups excluding carboxylic acids is 1. The lowest BCUT2D eigenvalue weighted by Crippen LogP contribution is -2.26. The molecule has 0 aliphatic rings. The largest absolute Gasteiger partial charge is 0.459 e. The number of furan rings is 1. The molecule has 0 aliphatic heterocycles. The number of benzene rings is 1. The summed E-state index contributed by atoms with van der Waals surface area (Å²) in [6, 6.07) is 10.8. The van der Waals surface area contributed by atoms with Gasteiger partial charge in [0.25, 0.3) is 5.91 Å². The SMILES string of the molecule is C[C@H](NC(=O)c1ccco1)c1nc2ccccc2[nH]1. The first-order valence-electron chi connectivity index (χ1n) is 6.03. The normalized spacial score (nSPS) is 12.5. The van der Waals surface area contributed by atoms with Crippen LogP contribution in [0.25, 0.3) is 11.0 Å². The number of aromatic amines is 1. The van der Waals surface area contributed by atoms with E-state index in [4.69, 9.17) is 4.42 Å². The van der Waals surface area contributed by atoms with Crippen LogP contribution < -0.4 is 5.32 Å². The molecule has 2 aromatic heterocycles. The van der Waals surface area contributed by atoms with E-state index in [1.807, 2.05) is 31.2 Å². The molecule has 3 aromatic rings. The Labute approximate surface area is 109 Å². The molecule has 0 aliphatic carbocycles. The second-order valence-electron chi connectivity index (χ2n) is 4.31. The molecule has 2 N–H and O–H groups in total. The molecule has 19 heavy (non-hydrogen) atoms. The second kappa shape index (κ2) is 4.61. The van der Waals surface area contributed by atoms with E-state index in [0.29, 0.717) is 5.76 Å². The van der Waals surface area contributed by atoms with Crippen molar-refractivity contribution in [2.75, 3.05) is 0 Å². The Hall–Kier alpha value is -2.56. The Morgan fingerprint density at radius 3 is 2.89 bits per heavy atom. The summed E-state index contributed by atoms with van der Waals surface area (Å²) in [5.74, 6) is 0.766. The zero-order chi connectivity index (χ0) is 13.2. The Morgan fingerprint density at radius 2 is 2.16 bits per heavy atom. The third-order valence-corrected chi connectivity index (χ3v) is 2.91. The molecule has 0 radical (unpaired) electrons. The number of amides is 1. The van der Waals surface area contributed by atoms with E-state index in [9.17, 15) is 4.79 Å². The number of aromatic nitrogens is 2. The molecule has 0 saturated carbocycles. The lowest BCUT2D eigenvalue weighted by Gasteiger charge is -2.09. The molecule has 0 saturated heterocycles. The van der Waals surface area contributed by atoms with Crippen LogP contribution in [-0.4, -0.2) is 15.9 Å². The van der Waals surface area contributed by atoms with Crippen molar-refractivity contribution in [3.8, 4) is 0 Å². The number of imidazole rings is 1. The number of para-hydroxylation sites is 2. The highest BCUT2D eigenvalue weighted by atomic mass is 16.3. The van der Waals surface area contributed by atoms with Gasteiger partial charge in [0, 0.05) is 0 Å². The monoisotopic (exact) mass is 255 g/mol. The van der Waals surface area contributed by atoms with E-state index in [0.717, 1.165) is 16.9 Å². The highest BCUT2D eigenvalue weighted by Gasteiger charge is 2.16. The van der Waals surface area contributed by atoms with Gasteiger partial charge in [-0.1, -0.05) is 12.1 Å². The van der Waals surface area contributed by atoms with Crippen molar-refractivity contribution in [1.82, 2.24) is 15.3 Å². The molecule has 5 heteroatoms. The number of hydrogen-bond donors (Lipinski definition) is 2. The predicted octanol–water partition coefficient (Wildman–Crippen LogP) is 2.65. The Kier molecular flexibility index (Phi) is 2.79. The minimum atomic E-state index is -0.252. The van der Waals surface area contributed by atoms with E-state index < -0.39 is 0 Å². The molecule has 96 valence electrons. The fraction of sp³-hybridized carbons (Fsp3) is 0.143. The van der Waals surface area contributed by atoms with Gasteiger partial charge in [-0.25, -0.2) is 4.98 Å². The number of nitrogens with zero attached hydrogens (tertiary/aromatic N) is 1. The Morgan fingerprint density at radius 1 is 1.32 bits per heavy atom. The smallest absolute Gasteiger partial charge is 0.287 e. The van der Waals surface area contributed by atoms with E-state index in [1.165, 1.54) is 6.26 Å². The standard InChI is InChI=1S/C14H13N3O2/c1-9(15-14(18)12-7-4-8-19-12)13-16-10-5-2-3-6-11(10)17-13/h2-9H,1H3,(H,15,18)(H,16,17)/t9-/m0/s1. The van der Waals surface area contributed by atoms with Gasteiger partial charge in [0.05, 0.1) is 23.3 Å². The lowest BCUT2D eigenvalue weighted by atomic mass is 10.3. The molecule has 1 atom stereocenters. The van der Waals surface area contributed by atoms with Gasteiger partial charge < -0.3 is 14.7 Å².